The molecule has 1 unspecified atom stereocenters. The SMILES string of the molecule is N#CC=C=S1(=C=C(C#N)C#N)N=Nc2ccccc21. The number of fused-ring (bicyclic) bond motifs is 1. The molecule has 0 saturated heterocycles. The quantitative estimate of drug-likeness (QED) is 0.531. The molecule has 88 valence electrons. The zero-order valence-corrected chi connectivity index (χ0v) is 10.3. The largest absolute Gasteiger partial charge is 0.192 e. The average molecular weight is 263 g/mol. The van der Waals surface area contributed by atoms with Gasteiger partial charge in [-0.3, -0.25) is 0 Å². The second-order valence-electron chi connectivity index (χ2n) is 3.32. The van der Waals surface area contributed by atoms with Gasteiger partial charge in [0, 0.05) is 9.39 Å². The van der Waals surface area contributed by atoms with Gasteiger partial charge in [-0.2, -0.15) is 15.8 Å². The Kier molecular flexibility index (Phi) is 3.31. The van der Waals surface area contributed by atoms with Crippen LogP contribution in [0.1, 0.15) is 0 Å². The van der Waals surface area contributed by atoms with Crippen molar-refractivity contribution in [3.8, 4) is 18.2 Å². The highest BCUT2D eigenvalue weighted by atomic mass is 32.2. The summed E-state index contributed by atoms with van der Waals surface area (Å²) in [4.78, 5) is 0.713. The molecule has 0 amide bonds. The third kappa shape index (κ3) is 2.17. The van der Waals surface area contributed by atoms with Crippen LogP contribution >= 0.6 is 9.39 Å². The predicted octanol–water partition coefficient (Wildman–Crippen LogP) is 2.72. The van der Waals surface area contributed by atoms with Gasteiger partial charge < -0.3 is 0 Å². The zero-order chi connectivity index (χ0) is 13.7. The van der Waals surface area contributed by atoms with Gasteiger partial charge in [0.15, 0.2) is 5.57 Å². The maximum atomic E-state index is 8.84. The first kappa shape index (κ1) is 12.4. The summed E-state index contributed by atoms with van der Waals surface area (Å²) in [7, 11) is -2.31. The van der Waals surface area contributed by atoms with Gasteiger partial charge in [0.2, 0.25) is 0 Å². The summed E-state index contributed by atoms with van der Waals surface area (Å²) in [6, 6.07) is 12.5. The number of nitriles is 3. The molecule has 1 aromatic carbocycles. The molecule has 0 saturated carbocycles. The first-order chi connectivity index (χ1) is 9.25. The molecular formula is C13H5N5S. The molecule has 0 spiro atoms. The van der Waals surface area contributed by atoms with Crippen molar-refractivity contribution in [2.45, 2.75) is 4.90 Å². The first-order valence-electron chi connectivity index (χ1n) is 5.04. The van der Waals surface area contributed by atoms with Gasteiger partial charge in [-0.25, -0.2) is 0 Å². The minimum atomic E-state index is -2.31. The van der Waals surface area contributed by atoms with Gasteiger partial charge >= 0.3 is 0 Å². The second kappa shape index (κ2) is 5.07. The summed E-state index contributed by atoms with van der Waals surface area (Å²) in [5.41, 5.74) is 0.448. The number of nitrogens with zero attached hydrogens (tertiary/aromatic N) is 5. The van der Waals surface area contributed by atoms with E-state index >= 15 is 0 Å². The first-order valence-corrected chi connectivity index (χ1v) is 6.63. The van der Waals surface area contributed by atoms with Crippen molar-refractivity contribution in [1.29, 1.82) is 15.8 Å². The minimum Gasteiger partial charge on any atom is -0.192 e. The van der Waals surface area contributed by atoms with Crippen LogP contribution in [0, 0.1) is 34.0 Å². The van der Waals surface area contributed by atoms with Crippen LogP contribution in [0.5, 0.6) is 0 Å². The van der Waals surface area contributed by atoms with Gasteiger partial charge in [-0.15, -0.1) is 9.63 Å². The Bertz CT molecular complexity index is 880. The number of hydrogen-bond acceptors (Lipinski definition) is 5. The summed E-state index contributed by atoms with van der Waals surface area (Å²) in [5.74, 6) is 0. The van der Waals surface area contributed by atoms with Crippen LogP contribution in [0.15, 0.2) is 50.4 Å². The fourth-order valence-electron chi connectivity index (χ4n) is 1.46. The van der Waals surface area contributed by atoms with E-state index in [4.69, 9.17) is 15.8 Å². The molecule has 5 nitrogen and oxygen atoms in total. The van der Waals surface area contributed by atoms with E-state index in [2.05, 4.69) is 19.7 Å². The molecule has 19 heavy (non-hydrogen) atoms. The number of rotatable bonds is 0. The third-order valence-corrected chi connectivity index (χ3v) is 4.49. The lowest BCUT2D eigenvalue weighted by Gasteiger charge is -2.00. The Morgan fingerprint density at radius 1 is 1.16 bits per heavy atom. The molecular weight excluding hydrogens is 258 g/mol. The predicted molar refractivity (Wildman–Crippen MR) is 71.8 cm³/mol. The Balaban J connectivity index is 3.08. The second-order valence-corrected chi connectivity index (χ2v) is 5.52. The summed E-state index contributed by atoms with van der Waals surface area (Å²) in [6.45, 7) is 0. The van der Waals surface area contributed by atoms with Crippen molar-refractivity contribution in [2.24, 2.45) is 9.63 Å². The van der Waals surface area contributed by atoms with E-state index < -0.39 is 9.39 Å². The Morgan fingerprint density at radius 3 is 2.58 bits per heavy atom. The van der Waals surface area contributed by atoms with E-state index in [1.807, 2.05) is 6.07 Å². The number of hydrogen-bond donors (Lipinski definition) is 0. The van der Waals surface area contributed by atoms with Crippen LogP contribution in [0.3, 0.4) is 0 Å². The van der Waals surface area contributed by atoms with Crippen LogP contribution in [-0.4, -0.2) is 10.0 Å². The van der Waals surface area contributed by atoms with E-state index in [1.165, 1.54) is 0 Å². The van der Waals surface area contributed by atoms with Gasteiger partial charge in [-0.1, -0.05) is 17.2 Å². The standard InChI is InChI=1S/C13H5N5S/c14-6-3-7-19(10-11(8-15)9-16)13-5-2-1-4-12(13)17-18-19/h1-5H. The molecule has 1 atom stereocenters. The molecule has 0 aromatic heterocycles. The molecule has 1 aromatic rings. The lowest BCUT2D eigenvalue weighted by Crippen LogP contribution is -1.79. The van der Waals surface area contributed by atoms with Crippen molar-refractivity contribution in [3.05, 3.63) is 35.9 Å². The van der Waals surface area contributed by atoms with Crippen molar-refractivity contribution >= 4 is 25.1 Å². The topological polar surface area (TPSA) is 96.1 Å². The third-order valence-electron chi connectivity index (χ3n) is 2.22. The van der Waals surface area contributed by atoms with E-state index in [1.54, 1.807) is 36.4 Å². The number of benzene rings is 1. The highest BCUT2D eigenvalue weighted by molar-refractivity contribution is 8.27. The molecule has 1 aliphatic rings. The molecule has 0 radical (unpaired) electrons. The van der Waals surface area contributed by atoms with Crippen molar-refractivity contribution < 1.29 is 0 Å². The highest BCUT2D eigenvalue weighted by Gasteiger charge is 2.17. The van der Waals surface area contributed by atoms with Crippen LogP contribution in [-0.2, 0) is 0 Å². The average Bonchev–Trinajstić information content (AvgIpc) is 2.82. The Hall–Kier alpha value is -3.06. The summed E-state index contributed by atoms with van der Waals surface area (Å²) in [6.07, 6.45) is 1.15. The smallest absolute Gasteiger partial charge is 0.179 e. The van der Waals surface area contributed by atoms with Crippen molar-refractivity contribution in [1.82, 2.24) is 0 Å². The highest BCUT2D eigenvalue weighted by Crippen LogP contribution is 2.47. The zero-order valence-electron chi connectivity index (χ0n) is 9.53. The fraction of sp³-hybridized carbons (Fsp3) is 0. The molecule has 6 heteroatoms. The molecule has 2 rings (SSSR count). The molecule has 1 aliphatic heterocycles. The van der Waals surface area contributed by atoms with E-state index in [-0.39, 0.29) is 5.57 Å². The van der Waals surface area contributed by atoms with Crippen LogP contribution in [0.2, 0.25) is 0 Å². The lowest BCUT2D eigenvalue weighted by atomic mass is 10.3. The molecule has 1 heterocycles. The van der Waals surface area contributed by atoms with E-state index in [0.717, 1.165) is 6.08 Å². The van der Waals surface area contributed by atoms with Crippen LogP contribution in [0.25, 0.3) is 0 Å². The van der Waals surface area contributed by atoms with Crippen LogP contribution in [0.4, 0.5) is 5.69 Å². The maximum Gasteiger partial charge on any atom is 0.179 e. The van der Waals surface area contributed by atoms with Gasteiger partial charge in [-0.05, 0) is 17.2 Å². The maximum absolute atomic E-state index is 8.84. The van der Waals surface area contributed by atoms with E-state index in [9.17, 15) is 0 Å². The van der Waals surface area contributed by atoms with Crippen LogP contribution < -0.4 is 0 Å². The van der Waals surface area contributed by atoms with E-state index in [0.29, 0.717) is 10.6 Å². The fourth-order valence-corrected chi connectivity index (χ4v) is 3.44. The van der Waals surface area contributed by atoms with Gasteiger partial charge in [0.1, 0.15) is 23.9 Å². The van der Waals surface area contributed by atoms with Gasteiger partial charge in [0.25, 0.3) is 0 Å². The molecule has 0 aliphatic carbocycles. The summed E-state index contributed by atoms with van der Waals surface area (Å²) < 4.78 is 4.09. The molecule has 0 bridgehead atoms. The summed E-state index contributed by atoms with van der Waals surface area (Å²) in [5, 5.41) is 35.9. The monoisotopic (exact) mass is 263 g/mol. The van der Waals surface area contributed by atoms with Crippen molar-refractivity contribution in [3.63, 3.8) is 0 Å². The van der Waals surface area contributed by atoms with Gasteiger partial charge in [0.05, 0.1) is 11.0 Å². The Labute approximate surface area is 110 Å². The summed E-state index contributed by atoms with van der Waals surface area (Å²) >= 11 is 0. The molecule has 0 fully saturated rings. The Morgan fingerprint density at radius 2 is 1.89 bits per heavy atom. The lowest BCUT2D eigenvalue weighted by molar-refractivity contribution is 1.33. The number of allylic oxidation sites excluding steroid dienone is 2. The molecule has 0 N–H and O–H groups in total. The van der Waals surface area contributed by atoms with Crippen molar-refractivity contribution in [2.75, 3.05) is 0 Å². The normalized spacial score (nSPS) is 17.9. The minimum absolute atomic E-state index is 0.190.